The Hall–Kier alpha value is -3.42. The second-order valence-electron chi connectivity index (χ2n) is 5.93. The second kappa shape index (κ2) is 10.2. The van der Waals surface area contributed by atoms with E-state index in [2.05, 4.69) is 0 Å². The minimum absolute atomic E-state index is 0.0511. The second-order valence-corrected chi connectivity index (χ2v) is 7.03. The number of nitrogens with zero attached hydrogens (tertiary/aromatic N) is 2. The van der Waals surface area contributed by atoms with Crippen molar-refractivity contribution in [1.29, 1.82) is 10.5 Å². The fraction of sp³-hybridized carbons (Fsp3) is 0.273. The van der Waals surface area contributed by atoms with E-state index in [1.165, 1.54) is 6.08 Å². The summed E-state index contributed by atoms with van der Waals surface area (Å²) in [5.74, 6) is -0.385. The maximum absolute atomic E-state index is 12.8. The van der Waals surface area contributed by atoms with E-state index in [0.717, 1.165) is 11.3 Å². The van der Waals surface area contributed by atoms with Crippen LogP contribution in [0.1, 0.15) is 45.1 Å². The number of rotatable bonds is 8. The van der Waals surface area contributed by atoms with Crippen molar-refractivity contribution in [2.75, 3.05) is 13.2 Å². The van der Waals surface area contributed by atoms with Gasteiger partial charge in [-0.1, -0.05) is 18.2 Å². The Labute approximate surface area is 173 Å². The van der Waals surface area contributed by atoms with Crippen molar-refractivity contribution in [3.05, 3.63) is 56.3 Å². The summed E-state index contributed by atoms with van der Waals surface area (Å²) in [6, 6.07) is 11.1. The first-order chi connectivity index (χ1) is 14.0. The molecule has 29 heavy (non-hydrogen) atoms. The van der Waals surface area contributed by atoms with Crippen LogP contribution in [0.15, 0.2) is 29.8 Å². The van der Waals surface area contributed by atoms with Gasteiger partial charge in [0.1, 0.15) is 22.8 Å². The monoisotopic (exact) mass is 408 g/mol. The Morgan fingerprint density at radius 2 is 1.90 bits per heavy atom. The van der Waals surface area contributed by atoms with Gasteiger partial charge in [-0.2, -0.15) is 10.5 Å². The molecule has 2 aromatic rings. The van der Waals surface area contributed by atoms with Gasteiger partial charge in [-0.25, -0.2) is 4.79 Å². The van der Waals surface area contributed by atoms with Gasteiger partial charge in [0.05, 0.1) is 24.4 Å². The predicted molar refractivity (Wildman–Crippen MR) is 110 cm³/mol. The number of hydrogen-bond acceptors (Lipinski definition) is 7. The summed E-state index contributed by atoms with van der Waals surface area (Å²) >= 11 is 1.05. The lowest BCUT2D eigenvalue weighted by Gasteiger charge is -2.07. The molecule has 1 aromatic heterocycles. The first-order valence-corrected chi connectivity index (χ1v) is 9.84. The Kier molecular flexibility index (Phi) is 7.70. The van der Waals surface area contributed by atoms with Crippen LogP contribution < -0.4 is 4.74 Å². The number of thiophene rings is 1. The van der Waals surface area contributed by atoms with Crippen molar-refractivity contribution in [3.8, 4) is 17.9 Å². The molecule has 0 aliphatic rings. The van der Waals surface area contributed by atoms with Gasteiger partial charge in [-0.15, -0.1) is 11.3 Å². The zero-order valence-corrected chi connectivity index (χ0v) is 17.3. The molecule has 0 unspecified atom stereocenters. The highest BCUT2D eigenvalue weighted by molar-refractivity contribution is 7.14. The van der Waals surface area contributed by atoms with Crippen LogP contribution in [0.2, 0.25) is 0 Å². The van der Waals surface area contributed by atoms with Crippen molar-refractivity contribution in [2.24, 2.45) is 0 Å². The summed E-state index contributed by atoms with van der Waals surface area (Å²) in [4.78, 5) is 25.6. The lowest BCUT2D eigenvalue weighted by molar-refractivity contribution is -0.114. The van der Waals surface area contributed by atoms with E-state index in [1.807, 2.05) is 19.1 Å². The van der Waals surface area contributed by atoms with E-state index in [1.54, 1.807) is 38.1 Å². The highest BCUT2D eigenvalue weighted by Crippen LogP contribution is 2.30. The van der Waals surface area contributed by atoms with Gasteiger partial charge < -0.3 is 9.47 Å². The van der Waals surface area contributed by atoms with Crippen LogP contribution in [0.3, 0.4) is 0 Å². The van der Waals surface area contributed by atoms with Crippen LogP contribution in [-0.4, -0.2) is 25.0 Å². The molecule has 148 valence electrons. The average molecular weight is 408 g/mol. The van der Waals surface area contributed by atoms with E-state index in [4.69, 9.17) is 9.47 Å². The first-order valence-electron chi connectivity index (χ1n) is 9.03. The van der Waals surface area contributed by atoms with Crippen LogP contribution in [0.4, 0.5) is 0 Å². The first kappa shape index (κ1) is 21.9. The number of benzene rings is 1. The fourth-order valence-electron chi connectivity index (χ4n) is 2.69. The maximum atomic E-state index is 12.8. The van der Waals surface area contributed by atoms with Crippen molar-refractivity contribution in [3.63, 3.8) is 0 Å². The molecule has 1 heterocycles. The quantitative estimate of drug-likeness (QED) is 0.368. The normalized spacial score (nSPS) is 10.7. The number of carbonyl (C=O) groups excluding carboxylic acids is 2. The molecule has 0 bridgehead atoms. The third kappa shape index (κ3) is 5.10. The molecule has 0 saturated heterocycles. The lowest BCUT2D eigenvalue weighted by atomic mass is 10.0. The van der Waals surface area contributed by atoms with Crippen molar-refractivity contribution >= 4 is 29.2 Å². The van der Waals surface area contributed by atoms with Crippen LogP contribution in [-0.2, 0) is 16.0 Å². The lowest BCUT2D eigenvalue weighted by Crippen LogP contribution is -2.05. The molecule has 0 fully saturated rings. The van der Waals surface area contributed by atoms with Crippen LogP contribution in [0, 0.1) is 29.6 Å². The molecule has 0 saturated carbocycles. The Balaban J connectivity index is 2.36. The summed E-state index contributed by atoms with van der Waals surface area (Å²) in [5.41, 5.74) is 1.33. The molecule has 0 radical (unpaired) electrons. The van der Waals surface area contributed by atoms with Crippen LogP contribution in [0.5, 0.6) is 5.75 Å². The number of carbonyl (C=O) groups is 2. The van der Waals surface area contributed by atoms with Crippen molar-refractivity contribution in [1.82, 2.24) is 0 Å². The molecule has 0 N–H and O–H groups in total. The average Bonchev–Trinajstić information content (AvgIpc) is 3.02. The number of ether oxygens (including phenoxy) is 2. The van der Waals surface area contributed by atoms with Crippen molar-refractivity contribution < 1.29 is 19.1 Å². The predicted octanol–water partition coefficient (Wildman–Crippen LogP) is 4.22. The topological polar surface area (TPSA) is 100 Å². The number of esters is 1. The van der Waals surface area contributed by atoms with E-state index in [-0.39, 0.29) is 24.2 Å². The Bertz CT molecular complexity index is 1040. The Morgan fingerprint density at radius 3 is 2.52 bits per heavy atom. The van der Waals surface area contributed by atoms with Crippen LogP contribution in [0.25, 0.3) is 6.08 Å². The van der Waals surface area contributed by atoms with Gasteiger partial charge in [-0.05, 0) is 38.5 Å². The molecule has 0 aliphatic carbocycles. The maximum Gasteiger partial charge on any atom is 0.348 e. The van der Waals surface area contributed by atoms with Gasteiger partial charge in [-0.3, -0.25) is 4.79 Å². The van der Waals surface area contributed by atoms with E-state index < -0.39 is 11.8 Å². The fourth-order valence-corrected chi connectivity index (χ4v) is 3.84. The zero-order valence-electron chi connectivity index (χ0n) is 16.4. The third-order valence-electron chi connectivity index (χ3n) is 4.05. The molecule has 0 amide bonds. The van der Waals surface area contributed by atoms with E-state index in [9.17, 15) is 20.1 Å². The molecule has 0 aliphatic heterocycles. The number of hydrogen-bond donors (Lipinski definition) is 0. The molecule has 0 atom stereocenters. The van der Waals surface area contributed by atoms with Gasteiger partial charge in [0, 0.05) is 16.9 Å². The number of Topliss-reactive ketones (excluding diaryl/α,β-unsaturated/α-hetero) is 1. The van der Waals surface area contributed by atoms with Gasteiger partial charge in [0.15, 0.2) is 5.78 Å². The SMILES string of the molecule is CCOC(=O)c1sc(CC(=O)/C(C#N)=C/c2ccccc2OCC)c(C#N)c1C. The van der Waals surface area contributed by atoms with Crippen LogP contribution >= 0.6 is 11.3 Å². The van der Waals surface area contributed by atoms with Gasteiger partial charge in [0.2, 0.25) is 0 Å². The largest absolute Gasteiger partial charge is 0.493 e. The Morgan fingerprint density at radius 1 is 1.17 bits per heavy atom. The zero-order chi connectivity index (χ0) is 21.4. The highest BCUT2D eigenvalue weighted by atomic mass is 32.1. The minimum atomic E-state index is -0.521. The highest BCUT2D eigenvalue weighted by Gasteiger charge is 2.23. The van der Waals surface area contributed by atoms with E-state index >= 15 is 0 Å². The molecule has 6 nitrogen and oxygen atoms in total. The number of para-hydroxylation sites is 1. The standard InChI is InChI=1S/C22H20N2O4S/c1-4-27-19-9-7-6-8-15(19)10-16(12-23)18(25)11-20-17(13-24)14(3)21(29-20)22(26)28-5-2/h6-10H,4-5,11H2,1-3H3/b16-10+. The number of allylic oxidation sites excluding steroid dienone is 1. The van der Waals surface area contributed by atoms with Gasteiger partial charge >= 0.3 is 5.97 Å². The van der Waals surface area contributed by atoms with E-state index in [0.29, 0.717) is 33.2 Å². The molecular formula is C22H20N2O4S. The summed E-state index contributed by atoms with van der Waals surface area (Å²) in [7, 11) is 0. The molecular weight excluding hydrogens is 388 g/mol. The smallest absolute Gasteiger partial charge is 0.348 e. The number of nitriles is 2. The third-order valence-corrected chi connectivity index (χ3v) is 5.32. The molecule has 0 spiro atoms. The molecule has 7 heteroatoms. The summed E-state index contributed by atoms with van der Waals surface area (Å²) < 4.78 is 10.5. The minimum Gasteiger partial charge on any atom is -0.493 e. The number of ketones is 1. The summed E-state index contributed by atoms with van der Waals surface area (Å²) in [6.45, 7) is 5.86. The summed E-state index contributed by atoms with van der Waals surface area (Å²) in [6.07, 6.45) is 1.33. The molecule has 1 aromatic carbocycles. The summed E-state index contributed by atoms with van der Waals surface area (Å²) in [5, 5.41) is 18.9. The van der Waals surface area contributed by atoms with Gasteiger partial charge in [0.25, 0.3) is 0 Å². The molecule has 2 rings (SSSR count). The van der Waals surface area contributed by atoms with Crippen molar-refractivity contribution in [2.45, 2.75) is 27.2 Å².